The Balaban J connectivity index is 2.04. The average molecular weight is 291 g/mol. The molecule has 1 aliphatic rings. The summed E-state index contributed by atoms with van der Waals surface area (Å²) >= 11 is 1.65. The van der Waals surface area contributed by atoms with Crippen molar-refractivity contribution in [1.82, 2.24) is 9.97 Å². The van der Waals surface area contributed by atoms with Crippen molar-refractivity contribution >= 4 is 39.2 Å². The highest BCUT2D eigenvalue weighted by atomic mass is 32.1. The molecule has 7 heteroatoms. The fourth-order valence-electron chi connectivity index (χ4n) is 2.56. The maximum absolute atomic E-state index is 11.3. The number of nitrogens with one attached hydrogen (secondary N) is 1. The van der Waals surface area contributed by atoms with Crippen molar-refractivity contribution < 1.29 is 4.79 Å². The van der Waals surface area contributed by atoms with E-state index >= 15 is 0 Å². The molecule has 1 atom stereocenters. The first-order valence-corrected chi connectivity index (χ1v) is 7.40. The first kappa shape index (κ1) is 13.1. The van der Waals surface area contributed by atoms with Crippen molar-refractivity contribution in [2.45, 2.75) is 13.3 Å². The normalized spacial score (nSPS) is 18.7. The predicted molar refractivity (Wildman–Crippen MR) is 81.2 cm³/mol. The first-order valence-electron chi connectivity index (χ1n) is 6.58. The number of rotatable bonds is 3. The quantitative estimate of drug-likeness (QED) is 0.892. The van der Waals surface area contributed by atoms with Crippen LogP contribution in [0.3, 0.4) is 0 Å². The third-order valence-corrected chi connectivity index (χ3v) is 4.55. The molecule has 20 heavy (non-hydrogen) atoms. The summed E-state index contributed by atoms with van der Waals surface area (Å²) in [4.78, 5) is 24.7. The number of primary amides is 1. The standard InChI is InChI=1S/C13H17N5OS/c1-7-5-9-11(16-13(15-2)17-12(9)20-7)18-4-3-8(6-18)10(14)19/h5,8H,3-4,6H2,1-2H3,(H2,14,19)(H,15,16,17). The molecule has 1 aliphatic heterocycles. The molecule has 1 amide bonds. The van der Waals surface area contributed by atoms with Crippen LogP contribution in [0.2, 0.25) is 0 Å². The number of aromatic nitrogens is 2. The molecule has 0 aromatic carbocycles. The minimum absolute atomic E-state index is 0.0854. The van der Waals surface area contributed by atoms with E-state index in [9.17, 15) is 4.79 Å². The van der Waals surface area contributed by atoms with Gasteiger partial charge in [0.05, 0.1) is 11.3 Å². The van der Waals surface area contributed by atoms with E-state index in [1.54, 1.807) is 11.3 Å². The number of carbonyl (C=O) groups is 1. The zero-order valence-corrected chi connectivity index (χ0v) is 12.3. The molecule has 1 fully saturated rings. The van der Waals surface area contributed by atoms with Crippen LogP contribution in [0.1, 0.15) is 11.3 Å². The number of aryl methyl sites for hydroxylation is 1. The minimum Gasteiger partial charge on any atom is -0.369 e. The zero-order valence-electron chi connectivity index (χ0n) is 11.5. The van der Waals surface area contributed by atoms with E-state index in [1.807, 2.05) is 7.05 Å². The molecule has 3 N–H and O–H groups in total. The van der Waals surface area contributed by atoms with Gasteiger partial charge in [-0.2, -0.15) is 4.98 Å². The van der Waals surface area contributed by atoms with Gasteiger partial charge in [0.1, 0.15) is 10.6 Å². The van der Waals surface area contributed by atoms with Crippen LogP contribution in [0.25, 0.3) is 10.2 Å². The third kappa shape index (κ3) is 2.18. The molecule has 1 unspecified atom stereocenters. The van der Waals surface area contributed by atoms with E-state index in [-0.39, 0.29) is 11.8 Å². The van der Waals surface area contributed by atoms with E-state index in [4.69, 9.17) is 5.73 Å². The van der Waals surface area contributed by atoms with Crippen LogP contribution < -0.4 is 16.0 Å². The number of nitrogens with two attached hydrogens (primary N) is 1. The summed E-state index contributed by atoms with van der Waals surface area (Å²) in [5.41, 5.74) is 5.40. The van der Waals surface area contributed by atoms with Gasteiger partial charge >= 0.3 is 0 Å². The van der Waals surface area contributed by atoms with Gasteiger partial charge in [0.25, 0.3) is 0 Å². The van der Waals surface area contributed by atoms with E-state index in [2.05, 4.69) is 33.2 Å². The van der Waals surface area contributed by atoms with Gasteiger partial charge in [-0.05, 0) is 19.4 Å². The Labute approximate surface area is 121 Å². The monoisotopic (exact) mass is 291 g/mol. The van der Waals surface area contributed by atoms with Crippen molar-refractivity contribution in [3.63, 3.8) is 0 Å². The van der Waals surface area contributed by atoms with Crippen molar-refractivity contribution in [2.75, 3.05) is 30.4 Å². The van der Waals surface area contributed by atoms with Gasteiger partial charge in [-0.1, -0.05) is 0 Å². The molecule has 6 nitrogen and oxygen atoms in total. The topological polar surface area (TPSA) is 84.1 Å². The largest absolute Gasteiger partial charge is 0.369 e. The molecule has 0 spiro atoms. The number of anilines is 2. The lowest BCUT2D eigenvalue weighted by Crippen LogP contribution is -2.27. The Morgan fingerprint density at radius 3 is 3.00 bits per heavy atom. The number of fused-ring (bicyclic) bond motifs is 1. The second kappa shape index (κ2) is 4.90. The second-order valence-corrected chi connectivity index (χ2v) is 6.27. The van der Waals surface area contributed by atoms with Crippen LogP contribution in [0.5, 0.6) is 0 Å². The van der Waals surface area contributed by atoms with Crippen LogP contribution >= 0.6 is 11.3 Å². The number of nitrogens with zero attached hydrogens (tertiary/aromatic N) is 3. The maximum Gasteiger partial charge on any atom is 0.225 e. The molecule has 1 saturated heterocycles. The van der Waals surface area contributed by atoms with Gasteiger partial charge in [-0.25, -0.2) is 4.98 Å². The maximum atomic E-state index is 11.3. The Kier molecular flexibility index (Phi) is 3.21. The van der Waals surface area contributed by atoms with Gasteiger partial charge < -0.3 is 16.0 Å². The molecule has 0 saturated carbocycles. The highest BCUT2D eigenvalue weighted by molar-refractivity contribution is 7.18. The molecule has 106 valence electrons. The van der Waals surface area contributed by atoms with Crippen LogP contribution in [-0.2, 0) is 4.79 Å². The summed E-state index contributed by atoms with van der Waals surface area (Å²) < 4.78 is 0. The van der Waals surface area contributed by atoms with E-state index in [1.165, 1.54) is 4.88 Å². The molecule has 0 radical (unpaired) electrons. The van der Waals surface area contributed by atoms with E-state index < -0.39 is 0 Å². The lowest BCUT2D eigenvalue weighted by molar-refractivity contribution is -0.121. The van der Waals surface area contributed by atoms with Crippen molar-refractivity contribution in [2.24, 2.45) is 11.7 Å². The number of thiophene rings is 1. The van der Waals surface area contributed by atoms with Gasteiger partial charge in [0.15, 0.2) is 0 Å². The summed E-state index contributed by atoms with van der Waals surface area (Å²) in [6.45, 7) is 3.50. The number of carbonyl (C=O) groups excluding carboxylic acids is 1. The van der Waals surface area contributed by atoms with Crippen molar-refractivity contribution in [3.05, 3.63) is 10.9 Å². The van der Waals surface area contributed by atoms with E-state index in [0.717, 1.165) is 29.0 Å². The molecule has 0 bridgehead atoms. The summed E-state index contributed by atoms with van der Waals surface area (Å²) in [5, 5.41) is 4.04. The molecule has 0 aliphatic carbocycles. The summed E-state index contributed by atoms with van der Waals surface area (Å²) in [7, 11) is 1.81. The molecular weight excluding hydrogens is 274 g/mol. The summed E-state index contributed by atoms with van der Waals surface area (Å²) in [6, 6.07) is 2.10. The molecule has 2 aromatic heterocycles. The summed E-state index contributed by atoms with van der Waals surface area (Å²) in [6.07, 6.45) is 0.791. The highest BCUT2D eigenvalue weighted by Gasteiger charge is 2.29. The Morgan fingerprint density at radius 2 is 2.35 bits per heavy atom. The zero-order chi connectivity index (χ0) is 14.3. The highest BCUT2D eigenvalue weighted by Crippen LogP contribution is 2.34. The third-order valence-electron chi connectivity index (χ3n) is 3.61. The molecule has 3 rings (SSSR count). The minimum atomic E-state index is -0.229. The van der Waals surface area contributed by atoms with Crippen LogP contribution in [0.4, 0.5) is 11.8 Å². The average Bonchev–Trinajstić information content (AvgIpc) is 3.02. The Hall–Kier alpha value is -1.89. The fraction of sp³-hybridized carbons (Fsp3) is 0.462. The van der Waals surface area contributed by atoms with Crippen molar-refractivity contribution in [1.29, 1.82) is 0 Å². The molecule has 3 heterocycles. The van der Waals surface area contributed by atoms with Crippen LogP contribution in [-0.4, -0.2) is 36.0 Å². The SMILES string of the molecule is CNc1nc(N2CCC(C(N)=O)C2)c2cc(C)sc2n1. The van der Waals surface area contributed by atoms with E-state index in [0.29, 0.717) is 12.5 Å². The number of amides is 1. The fourth-order valence-corrected chi connectivity index (χ4v) is 3.44. The van der Waals surface area contributed by atoms with Gasteiger partial charge in [-0.15, -0.1) is 11.3 Å². The summed E-state index contributed by atoms with van der Waals surface area (Å²) in [5.74, 6) is 1.19. The number of hydrogen-bond donors (Lipinski definition) is 2. The Morgan fingerprint density at radius 1 is 1.55 bits per heavy atom. The van der Waals surface area contributed by atoms with Gasteiger partial charge in [0, 0.05) is 25.0 Å². The second-order valence-electron chi connectivity index (χ2n) is 5.03. The lowest BCUT2D eigenvalue weighted by atomic mass is 10.1. The number of hydrogen-bond acceptors (Lipinski definition) is 6. The van der Waals surface area contributed by atoms with Crippen molar-refractivity contribution in [3.8, 4) is 0 Å². The van der Waals surface area contributed by atoms with Crippen LogP contribution in [0, 0.1) is 12.8 Å². The van der Waals surface area contributed by atoms with Gasteiger partial charge in [-0.3, -0.25) is 4.79 Å². The predicted octanol–water partition coefficient (Wildman–Crippen LogP) is 1.35. The first-order chi connectivity index (χ1) is 9.58. The Bertz CT molecular complexity index is 668. The van der Waals surface area contributed by atoms with Gasteiger partial charge in [0.2, 0.25) is 11.9 Å². The molecule has 2 aromatic rings. The van der Waals surface area contributed by atoms with Crippen LogP contribution in [0.15, 0.2) is 6.07 Å². The lowest BCUT2D eigenvalue weighted by Gasteiger charge is -2.18. The smallest absolute Gasteiger partial charge is 0.225 e. The molecular formula is C13H17N5OS.